The van der Waals surface area contributed by atoms with Crippen LogP contribution in [0.15, 0.2) is 53.7 Å². The molecule has 0 saturated heterocycles. The molecular formula is C14H14N4O2S. The van der Waals surface area contributed by atoms with Gasteiger partial charge in [0.05, 0.1) is 11.4 Å². The second kappa shape index (κ2) is 5.19. The Kier molecular flexibility index (Phi) is 3.36. The number of nitrogens with one attached hydrogen (secondary N) is 2. The van der Waals surface area contributed by atoms with Crippen LogP contribution in [0.25, 0.3) is 10.8 Å². The molecule has 3 rings (SSSR count). The van der Waals surface area contributed by atoms with Crippen LogP contribution in [0.4, 0.5) is 5.69 Å². The fourth-order valence-corrected chi connectivity index (χ4v) is 3.36. The average molecular weight is 302 g/mol. The van der Waals surface area contributed by atoms with Crippen molar-refractivity contribution in [3.63, 3.8) is 0 Å². The van der Waals surface area contributed by atoms with Gasteiger partial charge in [0.2, 0.25) is 10.0 Å². The first-order chi connectivity index (χ1) is 10.1. The van der Waals surface area contributed by atoms with Gasteiger partial charge in [0.15, 0.2) is 0 Å². The van der Waals surface area contributed by atoms with Crippen molar-refractivity contribution in [1.82, 2.24) is 14.7 Å². The van der Waals surface area contributed by atoms with Crippen LogP contribution in [0.2, 0.25) is 0 Å². The number of rotatable bonds is 4. The van der Waals surface area contributed by atoms with Crippen LogP contribution in [0.5, 0.6) is 0 Å². The molecule has 0 atom stereocenters. The topological polar surface area (TPSA) is 101 Å². The molecule has 108 valence electrons. The lowest BCUT2D eigenvalue weighted by Crippen LogP contribution is -2.24. The van der Waals surface area contributed by atoms with Crippen LogP contribution in [0.3, 0.4) is 0 Å². The zero-order chi connectivity index (χ0) is 14.9. The molecule has 0 fully saturated rings. The third kappa shape index (κ3) is 2.74. The standard InChI is InChI=1S/C14H14N4O2S/c15-11-4-5-12-10(8-11)2-1-3-13(12)21(19,20)18-9-14-16-6-7-17-14/h1-8,18H,9,15H2,(H,16,17). The van der Waals surface area contributed by atoms with Gasteiger partial charge in [0.25, 0.3) is 0 Å². The van der Waals surface area contributed by atoms with E-state index in [0.717, 1.165) is 5.39 Å². The highest BCUT2D eigenvalue weighted by Gasteiger charge is 2.17. The predicted octanol–water partition coefficient (Wildman–Crippen LogP) is 1.62. The molecule has 4 N–H and O–H groups in total. The Balaban J connectivity index is 1.98. The first-order valence-corrected chi connectivity index (χ1v) is 7.81. The lowest BCUT2D eigenvalue weighted by Gasteiger charge is -2.09. The largest absolute Gasteiger partial charge is 0.399 e. The molecule has 0 aliphatic carbocycles. The van der Waals surface area contributed by atoms with Crippen molar-refractivity contribution < 1.29 is 8.42 Å². The summed E-state index contributed by atoms with van der Waals surface area (Å²) in [7, 11) is -3.63. The zero-order valence-electron chi connectivity index (χ0n) is 11.1. The lowest BCUT2D eigenvalue weighted by atomic mass is 10.1. The van der Waals surface area contributed by atoms with Crippen molar-refractivity contribution in [2.75, 3.05) is 5.73 Å². The summed E-state index contributed by atoms with van der Waals surface area (Å²) in [6, 6.07) is 10.3. The fourth-order valence-electron chi connectivity index (χ4n) is 2.14. The maximum atomic E-state index is 12.4. The van der Waals surface area contributed by atoms with Gasteiger partial charge in [-0.05, 0) is 23.6 Å². The van der Waals surface area contributed by atoms with Gasteiger partial charge >= 0.3 is 0 Å². The van der Waals surface area contributed by atoms with E-state index in [0.29, 0.717) is 16.9 Å². The molecule has 0 aliphatic heterocycles. The van der Waals surface area contributed by atoms with E-state index in [1.165, 1.54) is 0 Å². The van der Waals surface area contributed by atoms with E-state index in [2.05, 4.69) is 14.7 Å². The SMILES string of the molecule is Nc1ccc2c(S(=O)(=O)NCc3ncc[nH]3)cccc2c1. The third-order valence-electron chi connectivity index (χ3n) is 3.14. The minimum atomic E-state index is -3.63. The monoisotopic (exact) mass is 302 g/mol. The molecule has 21 heavy (non-hydrogen) atoms. The van der Waals surface area contributed by atoms with Crippen molar-refractivity contribution >= 4 is 26.5 Å². The average Bonchev–Trinajstić information content (AvgIpc) is 2.97. The number of benzene rings is 2. The van der Waals surface area contributed by atoms with Gasteiger partial charge in [-0.3, -0.25) is 0 Å². The molecule has 0 bridgehead atoms. The van der Waals surface area contributed by atoms with E-state index in [1.54, 1.807) is 42.7 Å². The number of nitrogen functional groups attached to an aromatic ring is 1. The van der Waals surface area contributed by atoms with Crippen LogP contribution < -0.4 is 10.5 Å². The highest BCUT2D eigenvalue weighted by Crippen LogP contribution is 2.24. The highest BCUT2D eigenvalue weighted by molar-refractivity contribution is 7.89. The summed E-state index contributed by atoms with van der Waals surface area (Å²) >= 11 is 0. The first-order valence-electron chi connectivity index (χ1n) is 6.32. The molecule has 0 spiro atoms. The van der Waals surface area contributed by atoms with Crippen LogP contribution in [0.1, 0.15) is 5.82 Å². The van der Waals surface area contributed by atoms with Crippen LogP contribution >= 0.6 is 0 Å². The molecule has 0 unspecified atom stereocenters. The van der Waals surface area contributed by atoms with Crippen LogP contribution in [0, 0.1) is 0 Å². The predicted molar refractivity (Wildman–Crippen MR) is 81.0 cm³/mol. The number of H-pyrrole nitrogens is 1. The Morgan fingerprint density at radius 1 is 1.24 bits per heavy atom. The van der Waals surface area contributed by atoms with Crippen molar-refractivity contribution in [2.45, 2.75) is 11.4 Å². The summed E-state index contributed by atoms with van der Waals surface area (Å²) < 4.78 is 27.4. The van der Waals surface area contributed by atoms with Gasteiger partial charge in [0.1, 0.15) is 5.82 Å². The summed E-state index contributed by atoms with van der Waals surface area (Å²) in [6.45, 7) is 0.112. The smallest absolute Gasteiger partial charge is 0.241 e. The summed E-state index contributed by atoms with van der Waals surface area (Å²) in [6.07, 6.45) is 3.22. The third-order valence-corrected chi connectivity index (χ3v) is 4.60. The number of anilines is 1. The summed E-state index contributed by atoms with van der Waals surface area (Å²) in [4.78, 5) is 7.07. The molecule has 0 aliphatic rings. The molecule has 6 nitrogen and oxygen atoms in total. The Morgan fingerprint density at radius 2 is 2.10 bits per heavy atom. The Morgan fingerprint density at radius 3 is 2.86 bits per heavy atom. The Labute approximate surface area is 122 Å². The van der Waals surface area contributed by atoms with E-state index >= 15 is 0 Å². The van der Waals surface area contributed by atoms with E-state index in [1.807, 2.05) is 6.07 Å². The van der Waals surface area contributed by atoms with Crippen molar-refractivity contribution in [2.24, 2.45) is 0 Å². The van der Waals surface area contributed by atoms with Gasteiger partial charge < -0.3 is 10.7 Å². The number of imidazole rings is 1. The molecule has 2 aromatic carbocycles. The van der Waals surface area contributed by atoms with Gasteiger partial charge in [-0.2, -0.15) is 0 Å². The van der Waals surface area contributed by atoms with Gasteiger partial charge in [-0.15, -0.1) is 0 Å². The molecule has 1 heterocycles. The molecule has 0 amide bonds. The quantitative estimate of drug-likeness (QED) is 0.637. The van der Waals surface area contributed by atoms with E-state index in [4.69, 9.17) is 5.73 Å². The number of nitrogens with two attached hydrogens (primary N) is 1. The normalized spacial score (nSPS) is 11.8. The first kappa shape index (κ1) is 13.6. The molecule has 1 aromatic heterocycles. The van der Waals surface area contributed by atoms with Crippen molar-refractivity contribution in [3.05, 3.63) is 54.6 Å². The van der Waals surface area contributed by atoms with E-state index in [9.17, 15) is 8.42 Å². The number of aromatic nitrogens is 2. The second-order valence-electron chi connectivity index (χ2n) is 4.60. The van der Waals surface area contributed by atoms with Gasteiger partial charge in [-0.1, -0.05) is 18.2 Å². The maximum absolute atomic E-state index is 12.4. The minimum absolute atomic E-state index is 0.112. The van der Waals surface area contributed by atoms with E-state index < -0.39 is 10.0 Å². The molecular weight excluding hydrogens is 288 g/mol. The van der Waals surface area contributed by atoms with Crippen LogP contribution in [-0.4, -0.2) is 18.4 Å². The zero-order valence-corrected chi connectivity index (χ0v) is 11.9. The van der Waals surface area contributed by atoms with Crippen molar-refractivity contribution in [1.29, 1.82) is 0 Å². The summed E-state index contributed by atoms with van der Waals surface area (Å²) in [5.74, 6) is 0.558. The van der Waals surface area contributed by atoms with E-state index in [-0.39, 0.29) is 11.4 Å². The lowest BCUT2D eigenvalue weighted by molar-refractivity contribution is 0.580. The number of aromatic amines is 1. The van der Waals surface area contributed by atoms with Gasteiger partial charge in [-0.25, -0.2) is 18.1 Å². The molecule has 0 radical (unpaired) electrons. The minimum Gasteiger partial charge on any atom is -0.399 e. The molecule has 7 heteroatoms. The second-order valence-corrected chi connectivity index (χ2v) is 6.33. The Bertz CT molecular complexity index is 873. The number of fused-ring (bicyclic) bond motifs is 1. The van der Waals surface area contributed by atoms with Crippen molar-refractivity contribution in [3.8, 4) is 0 Å². The van der Waals surface area contributed by atoms with Crippen LogP contribution in [-0.2, 0) is 16.6 Å². The van der Waals surface area contributed by atoms with Gasteiger partial charge in [0, 0.05) is 23.5 Å². The number of hydrogen-bond donors (Lipinski definition) is 3. The molecule has 0 saturated carbocycles. The highest BCUT2D eigenvalue weighted by atomic mass is 32.2. The summed E-state index contributed by atoms with van der Waals surface area (Å²) in [5.41, 5.74) is 6.33. The number of sulfonamides is 1. The number of nitrogens with zero attached hydrogens (tertiary/aromatic N) is 1. The molecule has 3 aromatic rings. The fraction of sp³-hybridized carbons (Fsp3) is 0.0714. The Hall–Kier alpha value is -2.38. The summed E-state index contributed by atoms with van der Waals surface area (Å²) in [5, 5.41) is 1.43. The number of hydrogen-bond acceptors (Lipinski definition) is 4. The maximum Gasteiger partial charge on any atom is 0.241 e.